The Morgan fingerprint density at radius 2 is 2.29 bits per heavy atom. The van der Waals surface area contributed by atoms with Crippen LogP contribution in [-0.4, -0.2) is 10.2 Å². The van der Waals surface area contributed by atoms with E-state index in [2.05, 4.69) is 10.2 Å². The number of nitrogens with zero attached hydrogens (tertiary/aromatic N) is 1. The molecule has 0 amide bonds. The van der Waals surface area contributed by atoms with E-state index < -0.39 is 0 Å². The first kappa shape index (κ1) is 9.08. The summed E-state index contributed by atoms with van der Waals surface area (Å²) in [6.45, 7) is 0. The van der Waals surface area contributed by atoms with Crippen LogP contribution in [0, 0.1) is 5.82 Å². The van der Waals surface area contributed by atoms with E-state index in [0.717, 1.165) is 9.79 Å². The minimum absolute atomic E-state index is 0.253. The van der Waals surface area contributed by atoms with Crippen molar-refractivity contribution in [3.05, 3.63) is 36.3 Å². The average molecular weight is 209 g/mol. The molecule has 0 saturated carbocycles. The van der Waals surface area contributed by atoms with Crippen molar-refractivity contribution in [1.29, 1.82) is 0 Å². The van der Waals surface area contributed by atoms with Gasteiger partial charge in [-0.25, -0.2) is 4.39 Å². The quantitative estimate of drug-likeness (QED) is 0.797. The van der Waals surface area contributed by atoms with Crippen molar-refractivity contribution in [2.45, 2.75) is 9.79 Å². The molecule has 3 nitrogen and oxygen atoms in total. The summed E-state index contributed by atoms with van der Waals surface area (Å²) in [5.41, 5.74) is 5.59. The molecule has 1 aromatic heterocycles. The first-order valence-corrected chi connectivity index (χ1v) is 4.79. The van der Waals surface area contributed by atoms with Gasteiger partial charge in [0.1, 0.15) is 11.6 Å². The predicted octanol–water partition coefficient (Wildman–Crippen LogP) is 2.28. The molecule has 0 spiro atoms. The highest BCUT2D eigenvalue weighted by atomic mass is 32.2. The van der Waals surface area contributed by atoms with Gasteiger partial charge in [-0.3, -0.25) is 5.10 Å². The minimum Gasteiger partial charge on any atom is -0.383 e. The molecule has 0 radical (unpaired) electrons. The van der Waals surface area contributed by atoms with Gasteiger partial charge in [0.05, 0.1) is 11.1 Å². The summed E-state index contributed by atoms with van der Waals surface area (Å²) in [6.07, 6.45) is 1.62. The van der Waals surface area contributed by atoms with Crippen molar-refractivity contribution in [2.24, 2.45) is 0 Å². The second kappa shape index (κ2) is 3.71. The summed E-state index contributed by atoms with van der Waals surface area (Å²) in [6, 6.07) is 6.34. The van der Waals surface area contributed by atoms with Crippen molar-refractivity contribution in [3.63, 3.8) is 0 Å². The van der Waals surface area contributed by atoms with Crippen molar-refractivity contribution >= 4 is 17.6 Å². The molecule has 72 valence electrons. The van der Waals surface area contributed by atoms with Crippen LogP contribution in [0.15, 0.2) is 40.3 Å². The molecule has 0 fully saturated rings. The van der Waals surface area contributed by atoms with E-state index >= 15 is 0 Å². The van der Waals surface area contributed by atoms with Gasteiger partial charge in [0.15, 0.2) is 0 Å². The van der Waals surface area contributed by atoms with Gasteiger partial charge in [0.2, 0.25) is 0 Å². The van der Waals surface area contributed by atoms with Crippen LogP contribution >= 0.6 is 11.8 Å². The predicted molar refractivity (Wildman–Crippen MR) is 53.5 cm³/mol. The Morgan fingerprint density at radius 3 is 2.93 bits per heavy atom. The molecule has 1 aromatic carbocycles. The van der Waals surface area contributed by atoms with Crippen LogP contribution in [-0.2, 0) is 0 Å². The summed E-state index contributed by atoms with van der Waals surface area (Å²) >= 11 is 1.38. The van der Waals surface area contributed by atoms with E-state index in [1.54, 1.807) is 12.3 Å². The molecular formula is C9H8FN3S. The van der Waals surface area contributed by atoms with Crippen LogP contribution in [0.3, 0.4) is 0 Å². The van der Waals surface area contributed by atoms with Gasteiger partial charge in [-0.2, -0.15) is 5.10 Å². The molecule has 0 aliphatic heterocycles. The van der Waals surface area contributed by atoms with Crippen LogP contribution in [0.2, 0.25) is 0 Å². The Hall–Kier alpha value is -1.49. The Balaban J connectivity index is 2.23. The number of aromatic amines is 1. The topological polar surface area (TPSA) is 54.7 Å². The second-order valence-corrected chi connectivity index (χ2v) is 3.82. The maximum atomic E-state index is 12.8. The number of benzene rings is 1. The van der Waals surface area contributed by atoms with E-state index in [1.807, 2.05) is 6.07 Å². The number of nitrogen functional groups attached to an aromatic ring is 1. The van der Waals surface area contributed by atoms with Crippen molar-refractivity contribution < 1.29 is 4.39 Å². The fourth-order valence-corrected chi connectivity index (χ4v) is 1.86. The fourth-order valence-electron chi connectivity index (χ4n) is 1.02. The average Bonchev–Trinajstić information content (AvgIpc) is 2.52. The molecule has 14 heavy (non-hydrogen) atoms. The van der Waals surface area contributed by atoms with E-state index in [4.69, 9.17) is 5.73 Å². The second-order valence-electron chi connectivity index (χ2n) is 2.71. The minimum atomic E-state index is -0.253. The first-order valence-electron chi connectivity index (χ1n) is 3.98. The van der Waals surface area contributed by atoms with Crippen LogP contribution in [0.25, 0.3) is 0 Å². The summed E-state index contributed by atoms with van der Waals surface area (Å²) in [4.78, 5) is 1.61. The fraction of sp³-hybridized carbons (Fsp3) is 0. The molecule has 0 saturated heterocycles. The Bertz CT molecular complexity index is 441. The van der Waals surface area contributed by atoms with E-state index in [1.165, 1.54) is 23.9 Å². The molecular weight excluding hydrogens is 201 g/mol. The number of nitrogens with one attached hydrogen (secondary N) is 1. The van der Waals surface area contributed by atoms with Crippen LogP contribution in [0.1, 0.15) is 0 Å². The maximum absolute atomic E-state index is 12.8. The number of H-pyrrole nitrogens is 1. The van der Waals surface area contributed by atoms with Gasteiger partial charge in [-0.1, -0.05) is 17.8 Å². The third-order valence-electron chi connectivity index (χ3n) is 1.66. The summed E-state index contributed by atoms with van der Waals surface area (Å²) < 4.78 is 12.8. The lowest BCUT2D eigenvalue weighted by atomic mass is 10.4. The lowest BCUT2D eigenvalue weighted by Gasteiger charge is -1.98. The van der Waals surface area contributed by atoms with Gasteiger partial charge in [0.25, 0.3) is 0 Å². The molecule has 1 heterocycles. The molecule has 0 atom stereocenters. The van der Waals surface area contributed by atoms with Gasteiger partial charge >= 0.3 is 0 Å². The Morgan fingerprint density at radius 1 is 1.43 bits per heavy atom. The van der Waals surface area contributed by atoms with Crippen molar-refractivity contribution in [2.75, 3.05) is 5.73 Å². The number of nitrogens with two attached hydrogens (primary N) is 1. The van der Waals surface area contributed by atoms with E-state index in [0.29, 0.717) is 5.82 Å². The van der Waals surface area contributed by atoms with Crippen LogP contribution in [0.5, 0.6) is 0 Å². The molecule has 0 unspecified atom stereocenters. The zero-order valence-corrected chi connectivity index (χ0v) is 8.01. The summed E-state index contributed by atoms with van der Waals surface area (Å²) in [7, 11) is 0. The number of hydrogen-bond acceptors (Lipinski definition) is 3. The molecule has 2 rings (SSSR count). The molecule has 2 aromatic rings. The highest BCUT2D eigenvalue weighted by molar-refractivity contribution is 7.99. The molecule has 3 N–H and O–H groups in total. The monoisotopic (exact) mass is 209 g/mol. The third-order valence-corrected chi connectivity index (χ3v) is 2.69. The Kier molecular flexibility index (Phi) is 2.41. The van der Waals surface area contributed by atoms with Gasteiger partial charge in [-0.05, 0) is 18.2 Å². The standard InChI is InChI=1S/C9H8FN3S/c10-6-2-1-3-7(4-6)14-8-5-12-13-9(8)11/h1-5H,(H3,11,12,13). The number of anilines is 1. The first-order chi connectivity index (χ1) is 6.75. The van der Waals surface area contributed by atoms with E-state index in [-0.39, 0.29) is 5.82 Å². The smallest absolute Gasteiger partial charge is 0.133 e. The molecule has 5 heteroatoms. The van der Waals surface area contributed by atoms with Gasteiger partial charge in [-0.15, -0.1) is 0 Å². The number of halogens is 1. The summed E-state index contributed by atoms with van der Waals surface area (Å²) in [5.74, 6) is 0.247. The van der Waals surface area contributed by atoms with Crippen molar-refractivity contribution in [1.82, 2.24) is 10.2 Å². The molecule has 0 aliphatic rings. The van der Waals surface area contributed by atoms with Crippen LogP contribution in [0.4, 0.5) is 10.2 Å². The number of aromatic nitrogens is 2. The zero-order chi connectivity index (χ0) is 9.97. The lowest BCUT2D eigenvalue weighted by Crippen LogP contribution is -1.85. The number of hydrogen-bond donors (Lipinski definition) is 2. The Labute approximate surface area is 84.5 Å². The van der Waals surface area contributed by atoms with E-state index in [9.17, 15) is 4.39 Å². The number of rotatable bonds is 2. The maximum Gasteiger partial charge on any atom is 0.133 e. The highest BCUT2D eigenvalue weighted by Gasteiger charge is 2.03. The van der Waals surface area contributed by atoms with Crippen LogP contribution < -0.4 is 5.73 Å². The zero-order valence-electron chi connectivity index (χ0n) is 7.20. The highest BCUT2D eigenvalue weighted by Crippen LogP contribution is 2.30. The normalized spacial score (nSPS) is 10.4. The van der Waals surface area contributed by atoms with Gasteiger partial charge < -0.3 is 5.73 Å². The molecule has 0 aliphatic carbocycles. The molecule has 0 bridgehead atoms. The van der Waals surface area contributed by atoms with Gasteiger partial charge in [0, 0.05) is 4.90 Å². The van der Waals surface area contributed by atoms with Crippen molar-refractivity contribution in [3.8, 4) is 0 Å². The SMILES string of the molecule is Nc1[nH]ncc1Sc1cccc(F)c1. The third kappa shape index (κ3) is 1.88. The summed E-state index contributed by atoms with van der Waals surface area (Å²) in [5, 5.41) is 6.39. The lowest BCUT2D eigenvalue weighted by molar-refractivity contribution is 0.624. The largest absolute Gasteiger partial charge is 0.383 e.